The van der Waals surface area contributed by atoms with Crippen molar-refractivity contribution in [2.45, 2.75) is 17.8 Å². The normalized spacial score (nSPS) is 14.5. The standard InChI is InChI=1S/C11H13N3O4S/c1-19(18)11-12-4-7-2-3-9(17)14(10(7)13-11)5-8(16)6-15/h2-4,8,15-16H,5-6H2,1H3. The van der Waals surface area contributed by atoms with Crippen LogP contribution in [0.3, 0.4) is 0 Å². The van der Waals surface area contributed by atoms with Gasteiger partial charge in [0.1, 0.15) is 5.65 Å². The second-order valence-corrected chi connectivity index (χ2v) is 5.28. The first-order valence-electron chi connectivity index (χ1n) is 5.52. The molecular formula is C11H13N3O4S. The molecule has 8 heteroatoms. The summed E-state index contributed by atoms with van der Waals surface area (Å²) in [5.74, 6) is 0. The molecule has 0 amide bonds. The topological polar surface area (TPSA) is 105 Å². The van der Waals surface area contributed by atoms with Gasteiger partial charge in [0.2, 0.25) is 5.16 Å². The molecule has 0 radical (unpaired) electrons. The Morgan fingerprint density at radius 2 is 2.21 bits per heavy atom. The van der Waals surface area contributed by atoms with Crippen LogP contribution in [0.2, 0.25) is 0 Å². The highest BCUT2D eigenvalue weighted by Gasteiger charge is 2.11. The predicted molar refractivity (Wildman–Crippen MR) is 69.2 cm³/mol. The Labute approximate surface area is 111 Å². The summed E-state index contributed by atoms with van der Waals surface area (Å²) in [6.45, 7) is -0.542. The van der Waals surface area contributed by atoms with Crippen molar-refractivity contribution in [1.82, 2.24) is 14.5 Å². The summed E-state index contributed by atoms with van der Waals surface area (Å²) in [4.78, 5) is 19.8. The van der Waals surface area contributed by atoms with Crippen LogP contribution in [0.5, 0.6) is 0 Å². The molecule has 0 saturated heterocycles. The molecule has 0 spiro atoms. The molecule has 2 rings (SSSR count). The first kappa shape index (κ1) is 13.8. The van der Waals surface area contributed by atoms with Crippen LogP contribution in [0.4, 0.5) is 0 Å². The van der Waals surface area contributed by atoms with Gasteiger partial charge in [-0.2, -0.15) is 0 Å². The second kappa shape index (κ2) is 5.55. The lowest BCUT2D eigenvalue weighted by Crippen LogP contribution is -2.29. The summed E-state index contributed by atoms with van der Waals surface area (Å²) in [5, 5.41) is 19.0. The van der Waals surface area contributed by atoms with E-state index in [-0.39, 0.29) is 17.3 Å². The molecule has 19 heavy (non-hydrogen) atoms. The maximum atomic E-state index is 11.8. The van der Waals surface area contributed by atoms with Crippen molar-refractivity contribution in [3.63, 3.8) is 0 Å². The number of fused-ring (bicyclic) bond motifs is 1. The van der Waals surface area contributed by atoms with Crippen molar-refractivity contribution in [2.24, 2.45) is 0 Å². The predicted octanol–water partition coefficient (Wildman–Crippen LogP) is -1.12. The van der Waals surface area contributed by atoms with E-state index in [1.165, 1.54) is 23.1 Å². The van der Waals surface area contributed by atoms with Gasteiger partial charge < -0.3 is 10.2 Å². The highest BCUT2D eigenvalue weighted by molar-refractivity contribution is 7.84. The van der Waals surface area contributed by atoms with Gasteiger partial charge in [-0.25, -0.2) is 9.97 Å². The van der Waals surface area contributed by atoms with Gasteiger partial charge >= 0.3 is 0 Å². The van der Waals surface area contributed by atoms with E-state index in [0.29, 0.717) is 11.0 Å². The van der Waals surface area contributed by atoms with Crippen LogP contribution in [0, 0.1) is 0 Å². The molecule has 102 valence electrons. The summed E-state index contributed by atoms with van der Waals surface area (Å²) >= 11 is 0. The van der Waals surface area contributed by atoms with Gasteiger partial charge in [0.15, 0.2) is 0 Å². The minimum absolute atomic E-state index is 0.0839. The molecular weight excluding hydrogens is 270 g/mol. The van der Waals surface area contributed by atoms with Crippen molar-refractivity contribution >= 4 is 21.8 Å². The lowest BCUT2D eigenvalue weighted by molar-refractivity contribution is 0.0813. The molecule has 7 nitrogen and oxygen atoms in total. The third-order valence-corrected chi connectivity index (χ3v) is 3.27. The van der Waals surface area contributed by atoms with Crippen LogP contribution in [0.1, 0.15) is 0 Å². The fourth-order valence-corrected chi connectivity index (χ4v) is 2.06. The minimum Gasteiger partial charge on any atom is -0.394 e. The number of aliphatic hydroxyl groups is 2. The van der Waals surface area contributed by atoms with Gasteiger partial charge in [-0.05, 0) is 6.07 Å². The Morgan fingerprint density at radius 3 is 2.84 bits per heavy atom. The lowest BCUT2D eigenvalue weighted by Gasteiger charge is -2.12. The largest absolute Gasteiger partial charge is 0.394 e. The van der Waals surface area contributed by atoms with E-state index in [0.717, 1.165) is 0 Å². The number of pyridine rings is 1. The van der Waals surface area contributed by atoms with E-state index in [2.05, 4.69) is 9.97 Å². The Morgan fingerprint density at radius 1 is 1.47 bits per heavy atom. The number of hydrogen-bond donors (Lipinski definition) is 2. The zero-order valence-corrected chi connectivity index (χ0v) is 11.0. The summed E-state index contributed by atoms with van der Waals surface area (Å²) < 4.78 is 12.6. The Bertz CT molecular complexity index is 685. The third kappa shape index (κ3) is 2.86. The zero-order valence-electron chi connectivity index (χ0n) is 10.2. The molecule has 2 N–H and O–H groups in total. The molecule has 2 unspecified atom stereocenters. The van der Waals surface area contributed by atoms with Crippen LogP contribution in [-0.4, -0.2) is 47.9 Å². The molecule has 0 aliphatic carbocycles. The minimum atomic E-state index is -1.36. The van der Waals surface area contributed by atoms with E-state index >= 15 is 0 Å². The fourth-order valence-electron chi connectivity index (χ4n) is 1.64. The monoisotopic (exact) mass is 283 g/mol. The van der Waals surface area contributed by atoms with E-state index in [1.807, 2.05) is 0 Å². The van der Waals surface area contributed by atoms with Crippen molar-refractivity contribution in [1.29, 1.82) is 0 Å². The molecule has 0 aromatic carbocycles. The summed E-state index contributed by atoms with van der Waals surface area (Å²) in [7, 11) is -1.36. The molecule has 2 heterocycles. The van der Waals surface area contributed by atoms with Gasteiger partial charge in [-0.3, -0.25) is 13.6 Å². The van der Waals surface area contributed by atoms with Crippen LogP contribution >= 0.6 is 0 Å². The maximum Gasteiger partial charge on any atom is 0.252 e. The van der Waals surface area contributed by atoms with Gasteiger partial charge in [0.05, 0.1) is 30.1 Å². The average Bonchev–Trinajstić information content (AvgIpc) is 2.41. The van der Waals surface area contributed by atoms with Crippen LogP contribution < -0.4 is 5.56 Å². The van der Waals surface area contributed by atoms with Crippen molar-refractivity contribution < 1.29 is 14.4 Å². The van der Waals surface area contributed by atoms with Crippen molar-refractivity contribution in [3.8, 4) is 0 Å². The Hall–Kier alpha value is -1.64. The van der Waals surface area contributed by atoms with Crippen molar-refractivity contribution in [2.75, 3.05) is 12.9 Å². The second-order valence-electron chi connectivity index (χ2n) is 4.00. The molecule has 0 aliphatic heterocycles. The zero-order chi connectivity index (χ0) is 14.0. The number of hydrogen-bond acceptors (Lipinski definition) is 6. The van der Waals surface area contributed by atoms with E-state index in [4.69, 9.17) is 5.11 Å². The molecule has 0 fully saturated rings. The SMILES string of the molecule is CS(=O)c1ncc2ccc(=O)n(CC(O)CO)c2n1. The van der Waals surface area contributed by atoms with Crippen LogP contribution in [0.25, 0.3) is 11.0 Å². The van der Waals surface area contributed by atoms with Crippen LogP contribution in [0.15, 0.2) is 28.3 Å². The summed E-state index contributed by atoms with van der Waals surface area (Å²) in [6.07, 6.45) is 1.85. The van der Waals surface area contributed by atoms with E-state index in [1.54, 1.807) is 6.07 Å². The van der Waals surface area contributed by atoms with Gasteiger partial charge in [0, 0.05) is 23.9 Å². The molecule has 0 saturated carbocycles. The van der Waals surface area contributed by atoms with E-state index in [9.17, 15) is 14.1 Å². The molecule has 0 aliphatic rings. The maximum absolute atomic E-state index is 11.8. The fraction of sp³-hybridized carbons (Fsp3) is 0.364. The highest BCUT2D eigenvalue weighted by Crippen LogP contribution is 2.10. The number of aromatic nitrogens is 3. The Kier molecular flexibility index (Phi) is 4.03. The third-order valence-electron chi connectivity index (χ3n) is 2.56. The van der Waals surface area contributed by atoms with Gasteiger partial charge in [-0.15, -0.1) is 0 Å². The number of rotatable bonds is 4. The molecule has 2 aromatic rings. The summed E-state index contributed by atoms with van der Waals surface area (Å²) in [6, 6.07) is 2.89. The average molecular weight is 283 g/mol. The van der Waals surface area contributed by atoms with Crippen molar-refractivity contribution in [3.05, 3.63) is 28.7 Å². The van der Waals surface area contributed by atoms with Gasteiger partial charge in [0.25, 0.3) is 5.56 Å². The Balaban J connectivity index is 2.65. The molecule has 2 aromatic heterocycles. The smallest absolute Gasteiger partial charge is 0.252 e. The quantitative estimate of drug-likeness (QED) is 0.689. The van der Waals surface area contributed by atoms with Crippen LogP contribution in [-0.2, 0) is 17.3 Å². The van der Waals surface area contributed by atoms with Gasteiger partial charge in [-0.1, -0.05) is 0 Å². The first-order chi connectivity index (χ1) is 9.02. The lowest BCUT2D eigenvalue weighted by atomic mass is 10.3. The van der Waals surface area contributed by atoms with E-state index < -0.39 is 23.5 Å². The molecule has 0 bridgehead atoms. The number of aliphatic hydroxyl groups excluding tert-OH is 2. The molecule has 2 atom stereocenters. The highest BCUT2D eigenvalue weighted by atomic mass is 32.2. The summed E-state index contributed by atoms with van der Waals surface area (Å²) in [5.41, 5.74) is -0.0632. The first-order valence-corrected chi connectivity index (χ1v) is 7.07. The number of nitrogens with zero attached hydrogens (tertiary/aromatic N) is 3.